The summed E-state index contributed by atoms with van der Waals surface area (Å²) in [5, 5.41) is 0. The van der Waals surface area contributed by atoms with Gasteiger partial charge in [0.15, 0.2) is 0 Å². The van der Waals surface area contributed by atoms with Crippen molar-refractivity contribution in [1.29, 1.82) is 0 Å². The third kappa shape index (κ3) is 19.3. The predicted molar refractivity (Wildman–Crippen MR) is 169 cm³/mol. The van der Waals surface area contributed by atoms with Gasteiger partial charge in [-0.2, -0.15) is 0 Å². The molecule has 34 heavy (non-hydrogen) atoms. The van der Waals surface area contributed by atoms with Crippen molar-refractivity contribution in [1.82, 2.24) is 6.15 Å². The SMILES string of the molecule is Br.CCCCCCCC[PH](CCCCCCCC)(CCCCCCCC)Cc1ccccc1.N. The number of halogens is 1. The van der Waals surface area contributed by atoms with E-state index in [-0.39, 0.29) is 23.1 Å². The van der Waals surface area contributed by atoms with Gasteiger partial charge in [-0.1, -0.05) is 0 Å². The van der Waals surface area contributed by atoms with Crippen LogP contribution in [0.2, 0.25) is 0 Å². The molecule has 3 N–H and O–H groups in total. The van der Waals surface area contributed by atoms with E-state index in [1.807, 2.05) is 0 Å². The van der Waals surface area contributed by atoms with Crippen LogP contribution in [0.4, 0.5) is 0 Å². The smallest absolute Gasteiger partial charge is 0.344 e. The Morgan fingerprint density at radius 3 is 1.15 bits per heavy atom. The molecule has 0 atom stereocenters. The van der Waals surface area contributed by atoms with Gasteiger partial charge in [-0.3, -0.25) is 0 Å². The number of rotatable bonds is 23. The molecule has 0 amide bonds. The van der Waals surface area contributed by atoms with Gasteiger partial charge in [0.2, 0.25) is 0 Å². The molecule has 0 saturated heterocycles. The minimum atomic E-state index is -1.24. The molecule has 0 aromatic heterocycles. The van der Waals surface area contributed by atoms with Crippen molar-refractivity contribution in [3.63, 3.8) is 0 Å². The maximum Gasteiger partial charge on any atom is -0.344 e. The Balaban J connectivity index is 0. The van der Waals surface area contributed by atoms with Crippen LogP contribution in [0.3, 0.4) is 0 Å². The molecule has 0 fully saturated rings. The molecule has 1 aromatic rings. The van der Waals surface area contributed by atoms with Crippen LogP contribution in [-0.2, 0) is 6.16 Å². The fraction of sp³-hybridized carbons (Fsp3) is 0.806. The van der Waals surface area contributed by atoms with E-state index in [2.05, 4.69) is 51.1 Å². The monoisotopic (exact) mass is 559 g/mol. The van der Waals surface area contributed by atoms with Crippen molar-refractivity contribution >= 4 is 24.2 Å². The van der Waals surface area contributed by atoms with E-state index in [1.165, 1.54) is 122 Å². The summed E-state index contributed by atoms with van der Waals surface area (Å²) in [5.74, 6) is 0. The van der Waals surface area contributed by atoms with E-state index in [1.54, 1.807) is 24.0 Å². The Morgan fingerprint density at radius 1 is 0.471 bits per heavy atom. The fourth-order valence-corrected chi connectivity index (χ4v) is 10.9. The van der Waals surface area contributed by atoms with Crippen molar-refractivity contribution in [3.05, 3.63) is 35.9 Å². The molecule has 204 valence electrons. The van der Waals surface area contributed by atoms with Gasteiger partial charge in [0.05, 0.1) is 0 Å². The maximum absolute atomic E-state index is 2.42. The number of hydrogen-bond acceptors (Lipinski definition) is 1. The molecule has 0 aliphatic heterocycles. The molecule has 1 aromatic carbocycles. The number of hydrogen-bond donors (Lipinski definition) is 1. The summed E-state index contributed by atoms with van der Waals surface area (Å²) in [7, 11) is -1.24. The Bertz CT molecular complexity index is 467. The van der Waals surface area contributed by atoms with E-state index in [0.717, 1.165) is 0 Å². The van der Waals surface area contributed by atoms with Crippen LogP contribution in [0.1, 0.15) is 142 Å². The van der Waals surface area contributed by atoms with Crippen LogP contribution in [-0.4, -0.2) is 18.5 Å². The molecule has 0 bridgehead atoms. The molecule has 0 aliphatic carbocycles. The maximum atomic E-state index is 2.42. The molecule has 3 heteroatoms. The average Bonchev–Trinajstić information content (AvgIpc) is 2.81. The Hall–Kier alpha value is 0.0900. The van der Waals surface area contributed by atoms with Gasteiger partial charge in [-0.15, -0.1) is 17.0 Å². The summed E-state index contributed by atoms with van der Waals surface area (Å²) in [6.07, 6.45) is 32.4. The van der Waals surface area contributed by atoms with Crippen LogP contribution in [0.15, 0.2) is 30.3 Å². The third-order valence-electron chi connectivity index (χ3n) is 7.60. The van der Waals surface area contributed by atoms with E-state index >= 15 is 0 Å². The van der Waals surface area contributed by atoms with Gasteiger partial charge in [-0.05, 0) is 0 Å². The van der Waals surface area contributed by atoms with E-state index in [0.29, 0.717) is 0 Å². The van der Waals surface area contributed by atoms with Gasteiger partial charge < -0.3 is 6.15 Å². The van der Waals surface area contributed by atoms with Gasteiger partial charge in [0.25, 0.3) is 0 Å². The van der Waals surface area contributed by atoms with E-state index in [4.69, 9.17) is 0 Å². The van der Waals surface area contributed by atoms with Crippen LogP contribution < -0.4 is 6.15 Å². The minimum Gasteiger partial charge on any atom is -0.344 e. The second-order valence-corrected chi connectivity index (χ2v) is 15.6. The number of benzene rings is 1. The summed E-state index contributed by atoms with van der Waals surface area (Å²) in [6.45, 7) is 7.00. The molecule has 0 radical (unpaired) electrons. The van der Waals surface area contributed by atoms with Crippen molar-refractivity contribution < 1.29 is 0 Å². The van der Waals surface area contributed by atoms with E-state index < -0.39 is 7.26 Å². The Morgan fingerprint density at radius 2 is 0.794 bits per heavy atom. The van der Waals surface area contributed by atoms with Crippen molar-refractivity contribution in [2.24, 2.45) is 0 Å². The quantitative estimate of drug-likeness (QED) is 0.105. The van der Waals surface area contributed by atoms with Crippen LogP contribution in [0.25, 0.3) is 0 Å². The van der Waals surface area contributed by atoms with Crippen molar-refractivity contribution in [2.45, 2.75) is 143 Å². The average molecular weight is 561 g/mol. The zero-order valence-electron chi connectivity index (χ0n) is 23.6. The molecule has 0 spiro atoms. The molecular formula is C31H63BrNP. The molecule has 0 unspecified atom stereocenters. The zero-order chi connectivity index (χ0) is 23.2. The molecule has 0 saturated carbocycles. The van der Waals surface area contributed by atoms with Gasteiger partial charge in [0, 0.05) is 0 Å². The summed E-state index contributed by atoms with van der Waals surface area (Å²) < 4.78 is 0. The largest absolute Gasteiger partial charge is 0.344 e. The second-order valence-electron chi connectivity index (χ2n) is 10.7. The molecular weight excluding hydrogens is 497 g/mol. The Labute approximate surface area is 226 Å². The fourth-order valence-electron chi connectivity index (χ4n) is 5.51. The van der Waals surface area contributed by atoms with Crippen LogP contribution in [0.5, 0.6) is 0 Å². The van der Waals surface area contributed by atoms with Crippen molar-refractivity contribution in [3.8, 4) is 0 Å². The molecule has 1 nitrogen and oxygen atoms in total. The van der Waals surface area contributed by atoms with E-state index in [9.17, 15) is 0 Å². The van der Waals surface area contributed by atoms with Crippen molar-refractivity contribution in [2.75, 3.05) is 18.5 Å². The molecule has 1 rings (SSSR count). The Kier molecular flexibility index (Phi) is 27.9. The predicted octanol–water partition coefficient (Wildman–Crippen LogP) is 11.8. The zero-order valence-corrected chi connectivity index (χ0v) is 26.3. The topological polar surface area (TPSA) is 35.0 Å². The van der Waals surface area contributed by atoms with Gasteiger partial charge in [-0.25, -0.2) is 0 Å². The summed E-state index contributed by atoms with van der Waals surface area (Å²) in [6, 6.07) is 11.6. The standard InChI is InChI=1S/C31H59P.BrH.H3N/c1-4-7-10-13-16-22-27-32(28-23-17-14-11-8-5-2,29-24-18-15-12-9-6-3)30-31-25-20-19-21-26-31;;/h19-21,25-26,32H,4-18,22-24,27-30H2,1-3H3;1H;1H3. The summed E-state index contributed by atoms with van der Waals surface area (Å²) in [5.41, 5.74) is 1.64. The normalized spacial score (nSPS) is 11.6. The first-order valence-electron chi connectivity index (χ1n) is 14.8. The number of unbranched alkanes of at least 4 members (excludes halogenated alkanes) is 15. The van der Waals surface area contributed by atoms with Gasteiger partial charge >= 0.3 is 204 Å². The minimum absolute atomic E-state index is 0. The first-order valence-corrected chi connectivity index (χ1v) is 17.6. The van der Waals surface area contributed by atoms with Crippen LogP contribution >= 0.6 is 24.2 Å². The summed E-state index contributed by atoms with van der Waals surface area (Å²) >= 11 is 0. The second kappa shape index (κ2) is 26.2. The van der Waals surface area contributed by atoms with Crippen LogP contribution in [0, 0.1) is 0 Å². The third-order valence-corrected chi connectivity index (χ3v) is 13.0. The van der Waals surface area contributed by atoms with Gasteiger partial charge in [0.1, 0.15) is 0 Å². The summed E-state index contributed by atoms with van der Waals surface area (Å²) in [4.78, 5) is 0. The first-order chi connectivity index (χ1) is 15.8. The molecule has 0 heterocycles. The first kappa shape index (κ1) is 36.2. The molecule has 0 aliphatic rings.